The molecule has 1 aromatic carbocycles. The van der Waals surface area contributed by atoms with Crippen molar-refractivity contribution in [2.75, 3.05) is 13.1 Å². The Labute approximate surface area is 194 Å². The summed E-state index contributed by atoms with van der Waals surface area (Å²) >= 11 is 0. The Morgan fingerprint density at radius 3 is 2.67 bits per heavy atom. The average Bonchev–Trinajstić information content (AvgIpc) is 3.23. The predicted molar refractivity (Wildman–Crippen MR) is 126 cm³/mol. The molecule has 1 aromatic heterocycles. The first kappa shape index (κ1) is 20.1. The van der Waals surface area contributed by atoms with Gasteiger partial charge in [0.25, 0.3) is 0 Å². The minimum absolute atomic E-state index is 0.140. The molecule has 0 unspecified atom stereocenters. The van der Waals surface area contributed by atoms with Gasteiger partial charge in [0.05, 0.1) is 23.0 Å². The van der Waals surface area contributed by atoms with Crippen LogP contribution in [0.15, 0.2) is 12.1 Å². The number of nitrogens with zero attached hydrogens (tertiary/aromatic N) is 1. The van der Waals surface area contributed by atoms with E-state index in [0.717, 1.165) is 43.3 Å². The van der Waals surface area contributed by atoms with E-state index >= 15 is 0 Å². The molecule has 6 heterocycles. The van der Waals surface area contributed by atoms with Crippen LogP contribution in [0.1, 0.15) is 75.5 Å². The van der Waals surface area contributed by atoms with Gasteiger partial charge in [0.1, 0.15) is 16.9 Å². The Kier molecular flexibility index (Phi) is 3.44. The number of carbonyl (C=O) groups is 2. The lowest BCUT2D eigenvalue weighted by Crippen LogP contribution is -2.82. The second-order valence-electron chi connectivity index (χ2n) is 12.8. The number of hydrogen-bond acceptors (Lipinski definition) is 4. The van der Waals surface area contributed by atoms with Crippen molar-refractivity contribution in [3.05, 3.63) is 29.0 Å². The first-order valence-electron chi connectivity index (χ1n) is 12.4. The van der Waals surface area contributed by atoms with E-state index in [-0.39, 0.29) is 28.2 Å². The van der Waals surface area contributed by atoms with Crippen LogP contribution in [-0.4, -0.2) is 51.3 Å². The summed E-state index contributed by atoms with van der Waals surface area (Å²) in [4.78, 5) is 32.9. The molecule has 0 radical (unpaired) electrons. The number of rotatable bonds is 0. The fourth-order valence-corrected chi connectivity index (χ4v) is 8.39. The van der Waals surface area contributed by atoms with Crippen LogP contribution in [0.2, 0.25) is 0 Å². The topological polar surface area (TPSA) is 74.4 Å². The Morgan fingerprint density at radius 1 is 1.09 bits per heavy atom. The molecule has 8 rings (SSSR count). The molecule has 33 heavy (non-hydrogen) atoms. The Morgan fingerprint density at radius 2 is 1.88 bits per heavy atom. The summed E-state index contributed by atoms with van der Waals surface area (Å²) in [7, 11) is 0. The summed E-state index contributed by atoms with van der Waals surface area (Å²) in [6, 6.07) is 4.08. The molecule has 6 aliphatic rings. The molecule has 174 valence electrons. The molecule has 5 aliphatic heterocycles. The first-order valence-corrected chi connectivity index (χ1v) is 12.4. The number of aromatic nitrogens is 1. The molecule has 4 fully saturated rings. The molecule has 6 nitrogen and oxygen atoms in total. The van der Waals surface area contributed by atoms with Crippen molar-refractivity contribution in [3.63, 3.8) is 0 Å². The molecular weight excluding hydrogens is 414 g/mol. The van der Waals surface area contributed by atoms with E-state index in [1.165, 1.54) is 11.3 Å². The number of H-pyrrole nitrogens is 1. The van der Waals surface area contributed by atoms with Gasteiger partial charge in [0.15, 0.2) is 5.78 Å². The van der Waals surface area contributed by atoms with Crippen LogP contribution in [0, 0.1) is 11.8 Å². The SMILES string of the molecule is C[C@H]1CN2C[C@]34Cc5c([nH]c6c7c(ccc56)OC(C)(C)CC7=O)C(C)(C)[C@@H]3C[C@@]2(C1)C(=O)N4. The van der Waals surface area contributed by atoms with Gasteiger partial charge < -0.3 is 15.0 Å². The van der Waals surface area contributed by atoms with E-state index in [1.807, 2.05) is 19.9 Å². The molecule has 6 heteroatoms. The highest BCUT2D eigenvalue weighted by Crippen LogP contribution is 2.59. The molecule has 0 saturated carbocycles. The lowest BCUT2D eigenvalue weighted by Gasteiger charge is -2.65. The summed E-state index contributed by atoms with van der Waals surface area (Å²) in [6.07, 6.45) is 3.06. The molecule has 2 aromatic rings. The zero-order valence-corrected chi connectivity index (χ0v) is 20.2. The quantitative estimate of drug-likeness (QED) is 0.646. The largest absolute Gasteiger partial charge is 0.487 e. The monoisotopic (exact) mass is 447 g/mol. The number of ketones is 1. The van der Waals surface area contributed by atoms with E-state index in [4.69, 9.17) is 4.74 Å². The fraction of sp³-hybridized carbons (Fsp3) is 0.630. The number of fused-ring (bicyclic) bond motifs is 6. The first-order chi connectivity index (χ1) is 15.5. The van der Waals surface area contributed by atoms with Gasteiger partial charge in [-0.1, -0.05) is 20.8 Å². The van der Waals surface area contributed by atoms with Gasteiger partial charge in [-0.3, -0.25) is 14.5 Å². The highest BCUT2D eigenvalue weighted by atomic mass is 16.5. The van der Waals surface area contributed by atoms with Crippen LogP contribution in [0.5, 0.6) is 5.75 Å². The van der Waals surface area contributed by atoms with E-state index < -0.39 is 5.60 Å². The third kappa shape index (κ3) is 2.28. The zero-order chi connectivity index (χ0) is 23.1. The van der Waals surface area contributed by atoms with Gasteiger partial charge in [-0.05, 0) is 62.6 Å². The van der Waals surface area contributed by atoms with E-state index in [1.54, 1.807) is 0 Å². The number of benzene rings is 1. The van der Waals surface area contributed by atoms with E-state index in [9.17, 15) is 9.59 Å². The predicted octanol–water partition coefficient (Wildman–Crippen LogP) is 3.71. The molecule has 2 bridgehead atoms. The minimum atomic E-state index is -0.483. The van der Waals surface area contributed by atoms with E-state index in [0.29, 0.717) is 29.6 Å². The molecule has 4 saturated heterocycles. The van der Waals surface area contributed by atoms with Crippen LogP contribution >= 0.6 is 0 Å². The summed E-state index contributed by atoms with van der Waals surface area (Å²) < 4.78 is 6.19. The van der Waals surface area contributed by atoms with Gasteiger partial charge in [-0.2, -0.15) is 0 Å². The maximum absolute atomic E-state index is 13.5. The highest BCUT2D eigenvalue weighted by Gasteiger charge is 2.69. The number of carbonyl (C=O) groups excluding carboxylic acids is 2. The minimum Gasteiger partial charge on any atom is -0.487 e. The number of ether oxygens (including phenoxy) is 1. The number of piperidine rings is 2. The molecule has 2 spiro atoms. The summed E-state index contributed by atoms with van der Waals surface area (Å²) in [5.41, 5.74) is 2.87. The average molecular weight is 448 g/mol. The van der Waals surface area contributed by atoms with Crippen molar-refractivity contribution in [1.82, 2.24) is 15.2 Å². The van der Waals surface area contributed by atoms with Crippen molar-refractivity contribution < 1.29 is 14.3 Å². The third-order valence-corrected chi connectivity index (χ3v) is 9.59. The van der Waals surface area contributed by atoms with Crippen molar-refractivity contribution in [2.24, 2.45) is 11.8 Å². The number of nitrogens with one attached hydrogen (secondary N) is 2. The molecule has 1 amide bonds. The number of piperazine rings is 1. The fourth-order valence-electron chi connectivity index (χ4n) is 8.39. The normalized spacial score (nSPS) is 37.7. The standard InChI is InChI=1S/C27H33N3O3/c1-14-8-27-11-19-25(4,5)22-16(9-26(19,29-23(27)32)13-30(27)12-14)15-6-7-18-20(21(15)28-22)17(31)10-24(2,3)33-18/h6-7,14,19,28H,8-13H2,1-5H3,(H,29,32)/t14-,19+,26-,27+/m1/s1. The molecule has 2 N–H and O–H groups in total. The van der Waals surface area contributed by atoms with Gasteiger partial charge in [-0.25, -0.2) is 0 Å². The van der Waals surface area contributed by atoms with Crippen LogP contribution in [0.3, 0.4) is 0 Å². The van der Waals surface area contributed by atoms with Gasteiger partial charge in [-0.15, -0.1) is 0 Å². The number of amides is 1. The van der Waals surface area contributed by atoms with Crippen LogP contribution < -0.4 is 10.1 Å². The number of Topliss-reactive ketones (excluding diaryl/α,β-unsaturated/α-hetero) is 1. The summed E-state index contributed by atoms with van der Waals surface area (Å²) in [5.74, 6) is 1.96. The summed E-state index contributed by atoms with van der Waals surface area (Å²) in [5, 5.41) is 4.67. The molecule has 1 aliphatic carbocycles. The lowest BCUT2D eigenvalue weighted by atomic mass is 9.51. The Balaban J connectivity index is 1.42. The number of hydrogen-bond donors (Lipinski definition) is 2. The molecule has 4 atom stereocenters. The van der Waals surface area contributed by atoms with Crippen molar-refractivity contribution in [1.29, 1.82) is 0 Å². The maximum atomic E-state index is 13.5. The van der Waals surface area contributed by atoms with E-state index in [2.05, 4.69) is 42.0 Å². The smallest absolute Gasteiger partial charge is 0.241 e. The highest BCUT2D eigenvalue weighted by molar-refractivity contribution is 6.11. The Hall–Kier alpha value is -2.34. The molecular formula is C27H33N3O3. The third-order valence-electron chi connectivity index (χ3n) is 9.59. The van der Waals surface area contributed by atoms with Crippen LogP contribution in [-0.2, 0) is 16.6 Å². The lowest BCUT2D eigenvalue weighted by molar-refractivity contribution is -0.160. The summed E-state index contributed by atoms with van der Waals surface area (Å²) in [6.45, 7) is 12.8. The van der Waals surface area contributed by atoms with Gasteiger partial charge in [0, 0.05) is 29.6 Å². The van der Waals surface area contributed by atoms with Gasteiger partial charge in [0.2, 0.25) is 5.91 Å². The van der Waals surface area contributed by atoms with Crippen LogP contribution in [0.25, 0.3) is 10.9 Å². The van der Waals surface area contributed by atoms with Crippen LogP contribution in [0.4, 0.5) is 0 Å². The second-order valence-corrected chi connectivity index (χ2v) is 12.8. The van der Waals surface area contributed by atoms with Crippen molar-refractivity contribution in [2.45, 2.75) is 82.4 Å². The zero-order valence-electron chi connectivity index (χ0n) is 20.2. The van der Waals surface area contributed by atoms with Gasteiger partial charge >= 0.3 is 0 Å². The second kappa shape index (κ2) is 5.65. The maximum Gasteiger partial charge on any atom is 0.241 e. The van der Waals surface area contributed by atoms with Crippen molar-refractivity contribution >= 4 is 22.6 Å². The Bertz CT molecular complexity index is 1270. The number of aromatic amines is 1. The van der Waals surface area contributed by atoms with Crippen molar-refractivity contribution in [3.8, 4) is 5.75 Å².